The lowest BCUT2D eigenvalue weighted by molar-refractivity contribution is 0.0752. The number of fused-ring (bicyclic) bond motifs is 1. The molecular weight excluding hydrogens is 411 g/mol. The van der Waals surface area contributed by atoms with Crippen LogP contribution in [0.15, 0.2) is 35.8 Å². The number of ether oxygens (including phenoxy) is 1. The van der Waals surface area contributed by atoms with Crippen molar-refractivity contribution >= 4 is 27.5 Å². The van der Waals surface area contributed by atoms with Gasteiger partial charge in [0.15, 0.2) is 0 Å². The van der Waals surface area contributed by atoms with E-state index in [2.05, 4.69) is 20.2 Å². The molecule has 7 heteroatoms. The molecule has 5 rings (SSSR count). The van der Waals surface area contributed by atoms with E-state index in [0.29, 0.717) is 5.92 Å². The van der Waals surface area contributed by atoms with Crippen LogP contribution in [0, 0.1) is 11.7 Å². The fraction of sp³-hybridized carbons (Fsp3) is 0.500. The zero-order valence-electron chi connectivity index (χ0n) is 17.8. The first-order valence-corrected chi connectivity index (χ1v) is 12.2. The summed E-state index contributed by atoms with van der Waals surface area (Å²) in [6.07, 6.45) is 6.84. The number of likely N-dealkylation sites (tertiary alicyclic amines) is 1. The predicted molar refractivity (Wildman–Crippen MR) is 124 cm³/mol. The fourth-order valence-corrected chi connectivity index (χ4v) is 5.48. The molecule has 31 heavy (non-hydrogen) atoms. The van der Waals surface area contributed by atoms with E-state index in [9.17, 15) is 4.39 Å². The number of benzene rings is 1. The Morgan fingerprint density at radius 3 is 2.61 bits per heavy atom. The van der Waals surface area contributed by atoms with Gasteiger partial charge in [-0.1, -0.05) is 12.1 Å². The molecule has 0 radical (unpaired) electrons. The predicted octanol–water partition coefficient (Wildman–Crippen LogP) is 4.83. The molecule has 2 fully saturated rings. The Kier molecular flexibility index (Phi) is 6.43. The molecule has 0 amide bonds. The molecule has 164 valence electrons. The highest BCUT2D eigenvalue weighted by Gasteiger charge is 2.22. The number of halogens is 1. The maximum atomic E-state index is 13.2. The quantitative estimate of drug-likeness (QED) is 0.493. The summed E-state index contributed by atoms with van der Waals surface area (Å²) in [7, 11) is 0. The summed E-state index contributed by atoms with van der Waals surface area (Å²) in [6, 6.07) is 6.61. The van der Waals surface area contributed by atoms with Crippen molar-refractivity contribution in [2.75, 3.05) is 50.8 Å². The lowest BCUT2D eigenvalue weighted by atomic mass is 9.98. The van der Waals surface area contributed by atoms with E-state index in [-0.39, 0.29) is 5.82 Å². The van der Waals surface area contributed by atoms with Crippen LogP contribution in [0.4, 0.5) is 10.3 Å². The van der Waals surface area contributed by atoms with Gasteiger partial charge in [-0.25, -0.2) is 14.4 Å². The largest absolute Gasteiger partial charge is 0.380 e. The molecule has 2 saturated heterocycles. The van der Waals surface area contributed by atoms with E-state index in [0.717, 1.165) is 73.0 Å². The molecule has 0 saturated carbocycles. The minimum Gasteiger partial charge on any atom is -0.380 e. The normalized spacial score (nSPS) is 18.3. The van der Waals surface area contributed by atoms with Gasteiger partial charge in [-0.3, -0.25) is 0 Å². The molecule has 2 aliphatic rings. The van der Waals surface area contributed by atoms with Gasteiger partial charge in [0.2, 0.25) is 5.95 Å². The Balaban J connectivity index is 1.15. The van der Waals surface area contributed by atoms with E-state index < -0.39 is 0 Å². The highest BCUT2D eigenvalue weighted by molar-refractivity contribution is 7.17. The van der Waals surface area contributed by atoms with E-state index >= 15 is 0 Å². The Hall–Kier alpha value is -2.09. The summed E-state index contributed by atoms with van der Waals surface area (Å²) in [4.78, 5) is 15.3. The summed E-state index contributed by atoms with van der Waals surface area (Å²) in [5, 5.41) is 3.11. The maximum Gasteiger partial charge on any atom is 0.226 e. The van der Waals surface area contributed by atoms with Gasteiger partial charge in [0, 0.05) is 48.8 Å². The molecule has 3 aromatic rings. The van der Waals surface area contributed by atoms with Crippen LogP contribution < -0.4 is 4.90 Å². The van der Waals surface area contributed by atoms with Gasteiger partial charge in [-0.2, -0.15) is 0 Å². The Morgan fingerprint density at radius 1 is 1.06 bits per heavy atom. The van der Waals surface area contributed by atoms with Crippen molar-refractivity contribution in [3.63, 3.8) is 0 Å². The molecule has 0 unspecified atom stereocenters. The second kappa shape index (κ2) is 9.59. The number of thiophene rings is 1. The molecule has 1 aromatic carbocycles. The molecule has 0 atom stereocenters. The van der Waals surface area contributed by atoms with Gasteiger partial charge in [-0.15, -0.1) is 11.3 Å². The highest BCUT2D eigenvalue weighted by atomic mass is 32.1. The number of aromatic nitrogens is 2. The van der Waals surface area contributed by atoms with E-state index in [1.165, 1.54) is 38.1 Å². The third-order valence-electron chi connectivity index (χ3n) is 6.48. The summed E-state index contributed by atoms with van der Waals surface area (Å²) >= 11 is 1.62. The lowest BCUT2D eigenvalue weighted by Crippen LogP contribution is -2.36. The van der Waals surface area contributed by atoms with Gasteiger partial charge < -0.3 is 14.5 Å². The molecule has 5 nitrogen and oxygen atoms in total. The number of hydrogen-bond donors (Lipinski definition) is 0. The maximum absolute atomic E-state index is 13.2. The first-order valence-electron chi connectivity index (χ1n) is 11.3. The van der Waals surface area contributed by atoms with E-state index in [1.54, 1.807) is 11.3 Å². The third kappa shape index (κ3) is 4.89. The Bertz CT molecular complexity index is 994. The monoisotopic (exact) mass is 440 g/mol. The van der Waals surface area contributed by atoms with E-state index in [1.807, 2.05) is 18.3 Å². The summed E-state index contributed by atoms with van der Waals surface area (Å²) in [5.74, 6) is 1.22. The summed E-state index contributed by atoms with van der Waals surface area (Å²) in [6.45, 7) is 7.23. The smallest absolute Gasteiger partial charge is 0.226 e. The second-order valence-electron chi connectivity index (χ2n) is 8.60. The van der Waals surface area contributed by atoms with Gasteiger partial charge in [0.1, 0.15) is 10.6 Å². The highest BCUT2D eigenvalue weighted by Crippen LogP contribution is 2.34. The zero-order chi connectivity index (χ0) is 21.0. The Labute approximate surface area is 186 Å². The summed E-state index contributed by atoms with van der Waals surface area (Å²) in [5.41, 5.74) is 2.06. The topological polar surface area (TPSA) is 41.5 Å². The van der Waals surface area contributed by atoms with Crippen molar-refractivity contribution in [1.82, 2.24) is 14.9 Å². The average molecular weight is 441 g/mol. The van der Waals surface area contributed by atoms with Crippen molar-refractivity contribution in [3.05, 3.63) is 41.7 Å². The van der Waals surface area contributed by atoms with Crippen molar-refractivity contribution in [2.24, 2.45) is 5.92 Å². The zero-order valence-corrected chi connectivity index (χ0v) is 18.6. The second-order valence-corrected chi connectivity index (χ2v) is 9.46. The van der Waals surface area contributed by atoms with Crippen molar-refractivity contribution in [2.45, 2.75) is 25.7 Å². The van der Waals surface area contributed by atoms with Crippen molar-refractivity contribution in [3.8, 4) is 11.1 Å². The molecule has 2 aromatic heterocycles. The van der Waals surface area contributed by atoms with Crippen LogP contribution >= 0.6 is 11.3 Å². The Morgan fingerprint density at radius 2 is 1.84 bits per heavy atom. The van der Waals surface area contributed by atoms with Crippen LogP contribution in [0.3, 0.4) is 0 Å². The fourth-order valence-electron chi connectivity index (χ4n) is 4.57. The van der Waals surface area contributed by atoms with Gasteiger partial charge in [0.05, 0.1) is 6.61 Å². The summed E-state index contributed by atoms with van der Waals surface area (Å²) < 4.78 is 19.2. The number of nitrogens with zero attached hydrogens (tertiary/aromatic N) is 4. The molecular formula is C24H29FN4OS. The van der Waals surface area contributed by atoms with Crippen LogP contribution in [-0.2, 0) is 4.74 Å². The first-order chi connectivity index (χ1) is 15.3. The molecule has 2 aliphatic heterocycles. The number of hydrogen-bond acceptors (Lipinski definition) is 6. The molecule has 0 bridgehead atoms. The van der Waals surface area contributed by atoms with Crippen molar-refractivity contribution in [1.29, 1.82) is 0 Å². The number of anilines is 1. The standard InChI is InChI=1S/C24H29FN4OS/c25-20-5-3-19(4-6-20)22-17-31-23-21(22)15-26-24(27-23)29-11-7-18(8-12-29)16-30-14-13-28-9-1-2-10-28/h3-6,15,17-18H,1-2,7-14,16H2. The number of rotatable bonds is 7. The molecule has 0 N–H and O–H groups in total. The van der Waals surface area contributed by atoms with Gasteiger partial charge >= 0.3 is 0 Å². The van der Waals surface area contributed by atoms with Crippen LogP contribution in [0.1, 0.15) is 25.7 Å². The minimum atomic E-state index is -0.220. The van der Waals surface area contributed by atoms with Crippen LogP contribution in [0.2, 0.25) is 0 Å². The van der Waals surface area contributed by atoms with Crippen LogP contribution in [0.25, 0.3) is 21.3 Å². The van der Waals surface area contributed by atoms with Crippen molar-refractivity contribution < 1.29 is 9.13 Å². The van der Waals surface area contributed by atoms with Gasteiger partial charge in [0.25, 0.3) is 0 Å². The average Bonchev–Trinajstić information content (AvgIpc) is 3.47. The van der Waals surface area contributed by atoms with Crippen LogP contribution in [-0.4, -0.2) is 60.8 Å². The minimum absolute atomic E-state index is 0.220. The molecule has 4 heterocycles. The third-order valence-corrected chi connectivity index (χ3v) is 7.36. The first kappa shape index (κ1) is 20.8. The molecule has 0 aliphatic carbocycles. The SMILES string of the molecule is Fc1ccc(-c2csc3nc(N4CCC(COCCN5CCCC5)CC4)ncc23)cc1. The lowest BCUT2D eigenvalue weighted by Gasteiger charge is -2.31. The van der Waals surface area contributed by atoms with E-state index in [4.69, 9.17) is 9.72 Å². The molecule has 0 spiro atoms. The number of piperidine rings is 1. The van der Waals surface area contributed by atoms with Gasteiger partial charge in [-0.05, 0) is 62.4 Å². The van der Waals surface area contributed by atoms with Crippen LogP contribution in [0.5, 0.6) is 0 Å².